The van der Waals surface area contributed by atoms with Gasteiger partial charge in [0.2, 0.25) is 5.16 Å². The zero-order valence-electron chi connectivity index (χ0n) is 13.5. The van der Waals surface area contributed by atoms with Crippen molar-refractivity contribution in [2.24, 2.45) is 5.10 Å². The van der Waals surface area contributed by atoms with E-state index in [-0.39, 0.29) is 11.6 Å². The zero-order valence-corrected chi connectivity index (χ0v) is 14.3. The fourth-order valence-corrected chi connectivity index (χ4v) is 3.51. The molecule has 0 N–H and O–H groups in total. The molecule has 3 aromatic rings. The molecular weight excluding hydrogens is 339 g/mol. The second-order valence-corrected chi connectivity index (χ2v) is 6.50. The summed E-state index contributed by atoms with van der Waals surface area (Å²) in [4.78, 5) is 0. The minimum Gasteiger partial charge on any atom is -0.494 e. The smallest absolute Gasteiger partial charge is 0.212 e. The van der Waals surface area contributed by atoms with E-state index in [4.69, 9.17) is 9.84 Å². The van der Waals surface area contributed by atoms with Gasteiger partial charge in [0.1, 0.15) is 0 Å². The van der Waals surface area contributed by atoms with E-state index >= 15 is 0 Å². The van der Waals surface area contributed by atoms with Gasteiger partial charge in [0.15, 0.2) is 17.4 Å². The fraction of sp³-hybridized carbons (Fsp3) is 0.167. The normalized spacial score (nSPS) is 13.3. The molecule has 7 heteroatoms. The van der Waals surface area contributed by atoms with Crippen LogP contribution >= 0.6 is 11.8 Å². The third-order valence-electron chi connectivity index (χ3n) is 3.92. The van der Waals surface area contributed by atoms with Gasteiger partial charge < -0.3 is 4.74 Å². The van der Waals surface area contributed by atoms with Crippen LogP contribution in [0, 0.1) is 5.82 Å². The number of rotatable bonds is 4. The Labute approximate surface area is 148 Å². The third-order valence-corrected chi connectivity index (χ3v) is 4.85. The SMILES string of the molecule is COc1ccc(Cc2nnc3n2N=C(c2ccccc2)CS3)cc1F. The zero-order chi connectivity index (χ0) is 17.2. The number of thioether (sulfide) groups is 1. The summed E-state index contributed by atoms with van der Waals surface area (Å²) >= 11 is 1.60. The van der Waals surface area contributed by atoms with Crippen LogP contribution in [-0.2, 0) is 6.42 Å². The molecule has 0 saturated heterocycles. The predicted octanol–water partition coefficient (Wildman–Crippen LogP) is 3.37. The molecule has 0 spiro atoms. The molecule has 0 unspecified atom stereocenters. The van der Waals surface area contributed by atoms with Crippen molar-refractivity contribution < 1.29 is 9.13 Å². The van der Waals surface area contributed by atoms with E-state index in [0.717, 1.165) is 27.7 Å². The largest absolute Gasteiger partial charge is 0.494 e. The van der Waals surface area contributed by atoms with Crippen LogP contribution in [0.2, 0.25) is 0 Å². The summed E-state index contributed by atoms with van der Waals surface area (Å²) in [6, 6.07) is 14.9. The van der Waals surface area contributed by atoms with Gasteiger partial charge in [-0.25, -0.2) is 4.39 Å². The number of benzene rings is 2. The Morgan fingerprint density at radius 2 is 2.00 bits per heavy atom. The molecule has 126 valence electrons. The van der Waals surface area contributed by atoms with Gasteiger partial charge in [-0.3, -0.25) is 0 Å². The topological polar surface area (TPSA) is 52.3 Å². The van der Waals surface area contributed by atoms with Crippen molar-refractivity contribution >= 4 is 17.5 Å². The van der Waals surface area contributed by atoms with Crippen molar-refractivity contribution in [3.05, 3.63) is 71.3 Å². The second kappa shape index (κ2) is 6.68. The Morgan fingerprint density at radius 1 is 1.16 bits per heavy atom. The van der Waals surface area contributed by atoms with Gasteiger partial charge >= 0.3 is 0 Å². The Hall–Kier alpha value is -2.67. The standard InChI is InChI=1S/C18H15FN4OS/c1-24-16-8-7-12(9-14(16)19)10-17-20-21-18-23(17)22-15(11-25-18)13-5-3-2-4-6-13/h2-9H,10-11H2,1H3. The van der Waals surface area contributed by atoms with E-state index in [1.54, 1.807) is 22.5 Å². The predicted molar refractivity (Wildman–Crippen MR) is 94.9 cm³/mol. The summed E-state index contributed by atoms with van der Waals surface area (Å²) in [5.41, 5.74) is 2.84. The van der Waals surface area contributed by atoms with Gasteiger partial charge in [0.25, 0.3) is 0 Å². The average Bonchev–Trinajstić information content (AvgIpc) is 3.05. The van der Waals surface area contributed by atoms with Gasteiger partial charge in [-0.2, -0.15) is 9.78 Å². The van der Waals surface area contributed by atoms with Crippen LogP contribution in [0.3, 0.4) is 0 Å². The highest BCUT2D eigenvalue weighted by atomic mass is 32.2. The van der Waals surface area contributed by atoms with Gasteiger partial charge in [-0.05, 0) is 23.3 Å². The van der Waals surface area contributed by atoms with E-state index in [9.17, 15) is 4.39 Å². The van der Waals surface area contributed by atoms with Crippen molar-refractivity contribution in [1.29, 1.82) is 0 Å². The number of ether oxygens (including phenoxy) is 1. The highest BCUT2D eigenvalue weighted by Gasteiger charge is 2.20. The van der Waals surface area contributed by atoms with Gasteiger partial charge in [0, 0.05) is 12.2 Å². The van der Waals surface area contributed by atoms with Crippen LogP contribution in [-0.4, -0.2) is 33.4 Å². The van der Waals surface area contributed by atoms with E-state index in [1.165, 1.54) is 13.2 Å². The molecule has 1 aliphatic rings. The molecule has 5 nitrogen and oxygen atoms in total. The maximum Gasteiger partial charge on any atom is 0.212 e. The monoisotopic (exact) mass is 354 g/mol. The number of hydrogen-bond donors (Lipinski definition) is 0. The highest BCUT2D eigenvalue weighted by molar-refractivity contribution is 7.99. The Balaban J connectivity index is 1.65. The molecule has 1 aromatic heterocycles. The Bertz CT molecular complexity index is 940. The van der Waals surface area contributed by atoms with Crippen LogP contribution in [0.25, 0.3) is 0 Å². The second-order valence-electron chi connectivity index (χ2n) is 5.56. The lowest BCUT2D eigenvalue weighted by molar-refractivity contribution is 0.386. The summed E-state index contributed by atoms with van der Waals surface area (Å²) in [6.07, 6.45) is 0.444. The fourth-order valence-electron chi connectivity index (χ4n) is 2.65. The van der Waals surface area contributed by atoms with Crippen molar-refractivity contribution in [3.8, 4) is 5.75 Å². The molecule has 0 bridgehead atoms. The quantitative estimate of drug-likeness (QED) is 0.721. The van der Waals surface area contributed by atoms with Crippen LogP contribution in [0.5, 0.6) is 5.75 Å². The van der Waals surface area contributed by atoms with Crippen LogP contribution in [0.15, 0.2) is 58.8 Å². The highest BCUT2D eigenvalue weighted by Crippen LogP contribution is 2.25. The number of hydrogen-bond acceptors (Lipinski definition) is 5. The maximum absolute atomic E-state index is 13.9. The molecule has 2 heterocycles. The van der Waals surface area contributed by atoms with Crippen molar-refractivity contribution in [2.45, 2.75) is 11.6 Å². The number of methoxy groups -OCH3 is 1. The molecule has 0 fully saturated rings. The Morgan fingerprint density at radius 3 is 2.76 bits per heavy atom. The summed E-state index contributed by atoms with van der Waals surface area (Å²) in [6.45, 7) is 0. The first-order chi connectivity index (χ1) is 12.2. The first-order valence-corrected chi connectivity index (χ1v) is 8.76. The van der Waals surface area contributed by atoms with Crippen LogP contribution < -0.4 is 4.74 Å². The molecule has 25 heavy (non-hydrogen) atoms. The molecule has 0 atom stereocenters. The van der Waals surface area contributed by atoms with E-state index in [1.807, 2.05) is 36.4 Å². The van der Waals surface area contributed by atoms with Crippen molar-refractivity contribution in [3.63, 3.8) is 0 Å². The number of halogens is 1. The molecule has 2 aromatic carbocycles. The lowest BCUT2D eigenvalue weighted by Gasteiger charge is -2.14. The average molecular weight is 354 g/mol. The summed E-state index contributed by atoms with van der Waals surface area (Å²) < 4.78 is 20.6. The molecular formula is C18H15FN4OS. The van der Waals surface area contributed by atoms with E-state index in [0.29, 0.717) is 12.2 Å². The summed E-state index contributed by atoms with van der Waals surface area (Å²) in [5, 5.41) is 13.9. The first kappa shape index (κ1) is 15.8. The molecule has 0 radical (unpaired) electrons. The van der Waals surface area contributed by atoms with Crippen molar-refractivity contribution in [1.82, 2.24) is 14.9 Å². The lowest BCUT2D eigenvalue weighted by Crippen LogP contribution is -2.14. The van der Waals surface area contributed by atoms with Gasteiger partial charge in [0.05, 0.1) is 12.8 Å². The van der Waals surface area contributed by atoms with E-state index < -0.39 is 0 Å². The maximum atomic E-state index is 13.9. The summed E-state index contributed by atoms with van der Waals surface area (Å²) in [5.74, 6) is 1.27. The Kier molecular flexibility index (Phi) is 4.23. The minimum atomic E-state index is -0.388. The van der Waals surface area contributed by atoms with E-state index in [2.05, 4.69) is 10.2 Å². The molecule has 0 saturated carbocycles. The number of aromatic nitrogens is 3. The third kappa shape index (κ3) is 3.15. The molecule has 4 rings (SSSR count). The van der Waals surface area contributed by atoms with Crippen molar-refractivity contribution in [2.75, 3.05) is 12.9 Å². The van der Waals surface area contributed by atoms with Crippen LogP contribution in [0.1, 0.15) is 17.0 Å². The number of fused-ring (bicyclic) bond motifs is 1. The molecule has 0 aliphatic carbocycles. The number of nitrogens with zero attached hydrogens (tertiary/aromatic N) is 4. The lowest BCUT2D eigenvalue weighted by atomic mass is 10.1. The minimum absolute atomic E-state index is 0.229. The van der Waals surface area contributed by atoms with Gasteiger partial charge in [-0.1, -0.05) is 48.2 Å². The molecule has 1 aliphatic heterocycles. The molecule has 0 amide bonds. The first-order valence-electron chi connectivity index (χ1n) is 7.77. The summed E-state index contributed by atoms with van der Waals surface area (Å²) in [7, 11) is 1.45. The van der Waals surface area contributed by atoms with Gasteiger partial charge in [-0.15, -0.1) is 10.2 Å². The van der Waals surface area contributed by atoms with Crippen LogP contribution in [0.4, 0.5) is 4.39 Å².